The van der Waals surface area contributed by atoms with Gasteiger partial charge >= 0.3 is 0 Å². The molecule has 1 fully saturated rings. The fourth-order valence-electron chi connectivity index (χ4n) is 2.52. The number of carbonyl (C=O) groups is 1. The molecule has 1 atom stereocenters. The van der Waals surface area contributed by atoms with Gasteiger partial charge in [-0.05, 0) is 19.8 Å². The first-order valence-corrected chi connectivity index (χ1v) is 7.74. The Kier molecular flexibility index (Phi) is 5.36. The first-order chi connectivity index (χ1) is 10.1. The van der Waals surface area contributed by atoms with Gasteiger partial charge in [0, 0.05) is 45.1 Å². The van der Waals surface area contributed by atoms with Crippen LogP contribution >= 0.6 is 0 Å². The zero-order valence-corrected chi connectivity index (χ0v) is 13.1. The first kappa shape index (κ1) is 15.5. The summed E-state index contributed by atoms with van der Waals surface area (Å²) in [7, 11) is 1.85. The van der Waals surface area contributed by atoms with Crippen molar-refractivity contribution in [2.75, 3.05) is 30.8 Å². The molecule has 0 aliphatic carbocycles. The number of piperidine rings is 1. The third-order valence-corrected chi connectivity index (χ3v) is 3.58. The SMILES string of the molecule is CCCc1nc(NCC)cc(NC2CCC(=O)N(C)C2)n1. The number of nitrogens with zero attached hydrogens (tertiary/aromatic N) is 3. The Morgan fingerprint density at radius 1 is 1.33 bits per heavy atom. The zero-order chi connectivity index (χ0) is 15.2. The lowest BCUT2D eigenvalue weighted by Crippen LogP contribution is -2.43. The largest absolute Gasteiger partial charge is 0.370 e. The van der Waals surface area contributed by atoms with Gasteiger partial charge in [0.2, 0.25) is 5.91 Å². The molecule has 1 aliphatic rings. The highest BCUT2D eigenvalue weighted by atomic mass is 16.2. The fraction of sp³-hybridized carbons (Fsp3) is 0.667. The van der Waals surface area contributed by atoms with E-state index in [0.29, 0.717) is 6.42 Å². The van der Waals surface area contributed by atoms with Gasteiger partial charge in [0.1, 0.15) is 17.5 Å². The standard InChI is InChI=1S/C15H25N5O/c1-4-6-12-18-13(16-5-2)9-14(19-12)17-11-7-8-15(21)20(3)10-11/h9,11H,4-8,10H2,1-3H3,(H2,16,17,18,19). The third kappa shape index (κ3) is 4.31. The molecule has 1 saturated heterocycles. The lowest BCUT2D eigenvalue weighted by atomic mass is 10.1. The lowest BCUT2D eigenvalue weighted by molar-refractivity contribution is -0.132. The Bertz CT molecular complexity index is 467. The van der Waals surface area contributed by atoms with Crippen LogP contribution in [0.1, 0.15) is 38.9 Å². The number of nitrogens with one attached hydrogen (secondary N) is 2. The second-order valence-corrected chi connectivity index (χ2v) is 5.49. The van der Waals surface area contributed by atoms with Crippen molar-refractivity contribution in [2.45, 2.75) is 45.6 Å². The van der Waals surface area contributed by atoms with Crippen LogP contribution < -0.4 is 10.6 Å². The quantitative estimate of drug-likeness (QED) is 0.837. The van der Waals surface area contributed by atoms with E-state index >= 15 is 0 Å². The van der Waals surface area contributed by atoms with Crippen LogP contribution in [-0.2, 0) is 11.2 Å². The van der Waals surface area contributed by atoms with Crippen LogP contribution in [0.2, 0.25) is 0 Å². The molecule has 116 valence electrons. The Morgan fingerprint density at radius 3 is 2.76 bits per heavy atom. The van der Waals surface area contributed by atoms with Gasteiger partial charge in [-0.15, -0.1) is 0 Å². The number of rotatable bonds is 6. The normalized spacial score (nSPS) is 18.7. The van der Waals surface area contributed by atoms with Gasteiger partial charge < -0.3 is 15.5 Å². The smallest absolute Gasteiger partial charge is 0.222 e. The number of likely N-dealkylation sites (N-methyl/N-ethyl adjacent to an activating group) is 1. The monoisotopic (exact) mass is 291 g/mol. The minimum absolute atomic E-state index is 0.218. The molecule has 1 aliphatic heterocycles. The number of hydrogen-bond donors (Lipinski definition) is 2. The average Bonchev–Trinajstić information content (AvgIpc) is 2.43. The summed E-state index contributed by atoms with van der Waals surface area (Å²) in [6, 6.07) is 2.20. The number of carbonyl (C=O) groups excluding carboxylic acids is 1. The van der Waals surface area contributed by atoms with E-state index in [1.165, 1.54) is 0 Å². The van der Waals surface area contributed by atoms with Crippen molar-refractivity contribution in [3.63, 3.8) is 0 Å². The molecule has 1 aromatic heterocycles. The minimum Gasteiger partial charge on any atom is -0.370 e. The molecule has 1 aromatic rings. The van der Waals surface area contributed by atoms with Gasteiger partial charge in [-0.25, -0.2) is 9.97 Å². The summed E-state index contributed by atoms with van der Waals surface area (Å²) in [4.78, 5) is 22.4. The summed E-state index contributed by atoms with van der Waals surface area (Å²) in [6.45, 7) is 5.74. The molecule has 0 bridgehead atoms. The van der Waals surface area contributed by atoms with Gasteiger partial charge in [0.25, 0.3) is 0 Å². The number of anilines is 2. The van der Waals surface area contributed by atoms with E-state index in [4.69, 9.17) is 0 Å². The molecule has 0 radical (unpaired) electrons. The van der Waals surface area contributed by atoms with Crippen LogP contribution in [0.25, 0.3) is 0 Å². The zero-order valence-electron chi connectivity index (χ0n) is 13.1. The molecule has 21 heavy (non-hydrogen) atoms. The Balaban J connectivity index is 2.09. The topological polar surface area (TPSA) is 70.2 Å². The fourth-order valence-corrected chi connectivity index (χ4v) is 2.52. The van der Waals surface area contributed by atoms with Crippen LogP contribution in [0.3, 0.4) is 0 Å². The van der Waals surface area contributed by atoms with E-state index in [1.54, 1.807) is 4.90 Å². The molecule has 0 spiro atoms. The highest BCUT2D eigenvalue weighted by Crippen LogP contribution is 2.17. The van der Waals surface area contributed by atoms with E-state index in [0.717, 1.165) is 49.8 Å². The van der Waals surface area contributed by atoms with Crippen molar-refractivity contribution in [1.29, 1.82) is 0 Å². The number of aromatic nitrogens is 2. The van der Waals surface area contributed by atoms with Gasteiger partial charge in [-0.2, -0.15) is 0 Å². The van der Waals surface area contributed by atoms with Crippen LogP contribution in [0.15, 0.2) is 6.07 Å². The summed E-state index contributed by atoms with van der Waals surface area (Å²) in [5, 5.41) is 6.69. The van der Waals surface area contributed by atoms with Crippen molar-refractivity contribution < 1.29 is 4.79 Å². The molecule has 2 heterocycles. The van der Waals surface area contributed by atoms with Crippen molar-refractivity contribution in [3.8, 4) is 0 Å². The molecule has 1 unspecified atom stereocenters. The van der Waals surface area contributed by atoms with Crippen LogP contribution in [0, 0.1) is 0 Å². The maximum Gasteiger partial charge on any atom is 0.222 e. The molecule has 0 saturated carbocycles. The molecule has 0 aromatic carbocycles. The maximum atomic E-state index is 11.5. The number of hydrogen-bond acceptors (Lipinski definition) is 5. The summed E-state index contributed by atoms with van der Waals surface area (Å²) in [6.07, 6.45) is 3.35. The Hall–Kier alpha value is -1.85. The molecule has 6 nitrogen and oxygen atoms in total. The molecule has 1 amide bonds. The molecule has 6 heteroatoms. The number of amides is 1. The van der Waals surface area contributed by atoms with Crippen molar-refractivity contribution in [3.05, 3.63) is 11.9 Å². The van der Waals surface area contributed by atoms with E-state index < -0.39 is 0 Å². The number of likely N-dealkylation sites (tertiary alicyclic amines) is 1. The lowest BCUT2D eigenvalue weighted by Gasteiger charge is -2.30. The molecular formula is C15H25N5O. The van der Waals surface area contributed by atoms with E-state index in [2.05, 4.69) is 34.4 Å². The minimum atomic E-state index is 0.218. The average molecular weight is 291 g/mol. The second-order valence-electron chi connectivity index (χ2n) is 5.49. The van der Waals surface area contributed by atoms with Crippen LogP contribution in [0.4, 0.5) is 11.6 Å². The Morgan fingerprint density at radius 2 is 2.10 bits per heavy atom. The van der Waals surface area contributed by atoms with Crippen LogP contribution in [0.5, 0.6) is 0 Å². The van der Waals surface area contributed by atoms with E-state index in [1.807, 2.05) is 13.1 Å². The maximum absolute atomic E-state index is 11.5. The van der Waals surface area contributed by atoms with Gasteiger partial charge in [-0.1, -0.05) is 6.92 Å². The Labute approximate surface area is 126 Å². The molecule has 2 N–H and O–H groups in total. The van der Waals surface area contributed by atoms with Gasteiger partial charge in [0.05, 0.1) is 0 Å². The predicted octanol–water partition coefficient (Wildman–Crippen LogP) is 1.89. The van der Waals surface area contributed by atoms with Crippen molar-refractivity contribution in [2.24, 2.45) is 0 Å². The summed E-state index contributed by atoms with van der Waals surface area (Å²) in [5.41, 5.74) is 0. The summed E-state index contributed by atoms with van der Waals surface area (Å²) >= 11 is 0. The van der Waals surface area contributed by atoms with Crippen LogP contribution in [-0.4, -0.2) is 47.0 Å². The summed E-state index contributed by atoms with van der Waals surface area (Å²) < 4.78 is 0. The van der Waals surface area contributed by atoms with Crippen molar-refractivity contribution in [1.82, 2.24) is 14.9 Å². The highest BCUT2D eigenvalue weighted by Gasteiger charge is 2.23. The van der Waals surface area contributed by atoms with Crippen molar-refractivity contribution >= 4 is 17.5 Å². The first-order valence-electron chi connectivity index (χ1n) is 7.74. The third-order valence-electron chi connectivity index (χ3n) is 3.58. The van der Waals surface area contributed by atoms with Gasteiger partial charge in [0.15, 0.2) is 0 Å². The molecular weight excluding hydrogens is 266 g/mol. The highest BCUT2D eigenvalue weighted by molar-refractivity contribution is 5.77. The second kappa shape index (κ2) is 7.24. The summed E-state index contributed by atoms with van der Waals surface area (Å²) in [5.74, 6) is 2.78. The predicted molar refractivity (Wildman–Crippen MR) is 84.5 cm³/mol. The van der Waals surface area contributed by atoms with Gasteiger partial charge in [-0.3, -0.25) is 4.79 Å². The number of aryl methyl sites for hydroxylation is 1. The molecule has 2 rings (SSSR count). The van der Waals surface area contributed by atoms with E-state index in [-0.39, 0.29) is 11.9 Å². The van der Waals surface area contributed by atoms with E-state index in [9.17, 15) is 4.79 Å².